The first-order valence-corrected chi connectivity index (χ1v) is 5.75. The Morgan fingerprint density at radius 1 is 1.40 bits per heavy atom. The Hall–Kier alpha value is -0.610. The largest absolute Gasteiger partial charge is 0.391 e. The van der Waals surface area contributed by atoms with Gasteiger partial charge in [-0.15, -0.1) is 0 Å². The maximum atomic E-state index is 11.7. The fourth-order valence-corrected chi connectivity index (χ4v) is 1.39. The fraction of sp³-hybridized carbons (Fsp3) is 0.909. The Bertz CT molecular complexity index is 191. The van der Waals surface area contributed by atoms with E-state index >= 15 is 0 Å². The zero-order valence-corrected chi connectivity index (χ0v) is 10.0. The van der Waals surface area contributed by atoms with E-state index < -0.39 is 11.6 Å². The van der Waals surface area contributed by atoms with Crippen molar-refractivity contribution in [2.75, 3.05) is 6.54 Å². The van der Waals surface area contributed by atoms with Crippen molar-refractivity contribution >= 4 is 5.91 Å². The van der Waals surface area contributed by atoms with Gasteiger partial charge >= 0.3 is 0 Å². The Kier molecular flexibility index (Phi) is 6.52. The van der Waals surface area contributed by atoms with E-state index in [9.17, 15) is 9.90 Å². The maximum absolute atomic E-state index is 11.7. The predicted octanol–water partition coefficient (Wildman–Crippen LogP) is 0.781. The molecular weight excluding hydrogens is 192 g/mol. The van der Waals surface area contributed by atoms with Crippen LogP contribution in [0.5, 0.6) is 0 Å². The average molecular weight is 216 g/mol. The van der Waals surface area contributed by atoms with Gasteiger partial charge in [0.15, 0.2) is 0 Å². The number of carbonyl (C=O) groups is 1. The summed E-state index contributed by atoms with van der Waals surface area (Å²) in [6.07, 6.45) is 2.37. The molecule has 0 aromatic rings. The van der Waals surface area contributed by atoms with Crippen LogP contribution in [0.4, 0.5) is 0 Å². The Labute approximate surface area is 92.2 Å². The van der Waals surface area contributed by atoms with Crippen molar-refractivity contribution in [1.29, 1.82) is 0 Å². The van der Waals surface area contributed by atoms with Crippen LogP contribution >= 0.6 is 0 Å². The molecule has 0 aromatic heterocycles. The summed E-state index contributed by atoms with van der Waals surface area (Å²) in [5.74, 6) is -0.164. The van der Waals surface area contributed by atoms with Gasteiger partial charge in [0.05, 0.1) is 11.6 Å². The van der Waals surface area contributed by atoms with E-state index in [1.54, 1.807) is 0 Å². The van der Waals surface area contributed by atoms with Gasteiger partial charge in [-0.25, -0.2) is 0 Å². The number of amides is 1. The summed E-state index contributed by atoms with van der Waals surface area (Å²) < 4.78 is 0. The lowest BCUT2D eigenvalue weighted by Gasteiger charge is -2.25. The van der Waals surface area contributed by atoms with Gasteiger partial charge in [0.2, 0.25) is 5.91 Å². The molecule has 0 saturated carbocycles. The molecule has 4 nitrogen and oxygen atoms in total. The SMILES string of the molecule is CCCC(O)CNC(=O)C(N)(CC)CC. The fourth-order valence-electron chi connectivity index (χ4n) is 1.39. The lowest BCUT2D eigenvalue weighted by atomic mass is 9.93. The molecular formula is C11H24N2O2. The van der Waals surface area contributed by atoms with Crippen LogP contribution in [0.2, 0.25) is 0 Å². The third-order valence-corrected chi connectivity index (χ3v) is 2.83. The summed E-state index contributed by atoms with van der Waals surface area (Å²) in [4.78, 5) is 11.7. The monoisotopic (exact) mass is 216 g/mol. The van der Waals surface area contributed by atoms with E-state index in [0.717, 1.165) is 6.42 Å². The molecule has 0 bridgehead atoms. The number of carbonyl (C=O) groups excluding carboxylic acids is 1. The zero-order valence-electron chi connectivity index (χ0n) is 10.0. The molecule has 0 rings (SSSR count). The molecule has 0 aromatic carbocycles. The van der Waals surface area contributed by atoms with Gasteiger partial charge in [0.1, 0.15) is 0 Å². The Morgan fingerprint density at radius 3 is 2.33 bits per heavy atom. The second-order valence-corrected chi connectivity index (χ2v) is 4.02. The highest BCUT2D eigenvalue weighted by Crippen LogP contribution is 2.11. The van der Waals surface area contributed by atoms with E-state index in [4.69, 9.17) is 5.73 Å². The van der Waals surface area contributed by atoms with E-state index in [-0.39, 0.29) is 5.91 Å². The first-order valence-electron chi connectivity index (χ1n) is 5.75. The molecule has 4 heteroatoms. The molecule has 15 heavy (non-hydrogen) atoms. The summed E-state index contributed by atoms with van der Waals surface area (Å²) in [7, 11) is 0. The third kappa shape index (κ3) is 4.62. The molecule has 90 valence electrons. The lowest BCUT2D eigenvalue weighted by Crippen LogP contribution is -2.54. The average Bonchev–Trinajstić information content (AvgIpc) is 2.25. The molecule has 0 spiro atoms. The van der Waals surface area contributed by atoms with Crippen molar-refractivity contribution in [3.63, 3.8) is 0 Å². The number of aliphatic hydroxyl groups excluding tert-OH is 1. The van der Waals surface area contributed by atoms with Gasteiger partial charge in [-0.2, -0.15) is 0 Å². The number of hydrogen-bond acceptors (Lipinski definition) is 3. The minimum Gasteiger partial charge on any atom is -0.391 e. The highest BCUT2D eigenvalue weighted by molar-refractivity contribution is 5.85. The van der Waals surface area contributed by atoms with Gasteiger partial charge in [0, 0.05) is 6.54 Å². The molecule has 0 fully saturated rings. The van der Waals surface area contributed by atoms with Gasteiger partial charge in [0.25, 0.3) is 0 Å². The highest BCUT2D eigenvalue weighted by Gasteiger charge is 2.29. The number of nitrogens with one attached hydrogen (secondary N) is 1. The summed E-state index contributed by atoms with van der Waals surface area (Å²) >= 11 is 0. The quantitative estimate of drug-likeness (QED) is 0.588. The second kappa shape index (κ2) is 6.80. The van der Waals surface area contributed by atoms with Crippen molar-refractivity contribution in [2.24, 2.45) is 5.73 Å². The number of aliphatic hydroxyl groups is 1. The summed E-state index contributed by atoms with van der Waals surface area (Å²) in [5.41, 5.74) is 5.12. The van der Waals surface area contributed by atoms with Crippen LogP contribution in [-0.4, -0.2) is 29.2 Å². The van der Waals surface area contributed by atoms with Gasteiger partial charge < -0.3 is 16.2 Å². The van der Waals surface area contributed by atoms with Crippen LogP contribution in [0.15, 0.2) is 0 Å². The molecule has 4 N–H and O–H groups in total. The molecule has 0 aliphatic rings. The topological polar surface area (TPSA) is 75.3 Å². The van der Waals surface area contributed by atoms with Crippen LogP contribution in [-0.2, 0) is 4.79 Å². The first-order chi connectivity index (χ1) is 7.00. The Balaban J connectivity index is 4.02. The summed E-state index contributed by atoms with van der Waals surface area (Å²) in [5, 5.41) is 12.1. The van der Waals surface area contributed by atoms with Crippen LogP contribution in [0.1, 0.15) is 46.5 Å². The molecule has 0 aliphatic heterocycles. The van der Waals surface area contributed by atoms with E-state index in [1.807, 2.05) is 20.8 Å². The standard InChI is InChI=1S/C11H24N2O2/c1-4-7-9(14)8-13-10(15)11(12,5-2)6-3/h9,14H,4-8,12H2,1-3H3,(H,13,15). The molecule has 0 saturated heterocycles. The van der Waals surface area contributed by atoms with Gasteiger partial charge in [-0.3, -0.25) is 4.79 Å². The third-order valence-electron chi connectivity index (χ3n) is 2.83. The van der Waals surface area contributed by atoms with Crippen molar-refractivity contribution < 1.29 is 9.90 Å². The van der Waals surface area contributed by atoms with E-state index in [1.165, 1.54) is 0 Å². The van der Waals surface area contributed by atoms with Crippen LogP contribution in [0.3, 0.4) is 0 Å². The number of rotatable bonds is 7. The van der Waals surface area contributed by atoms with Crippen molar-refractivity contribution in [3.8, 4) is 0 Å². The summed E-state index contributed by atoms with van der Waals surface area (Å²) in [6.45, 7) is 6.08. The second-order valence-electron chi connectivity index (χ2n) is 4.02. The molecule has 1 amide bonds. The predicted molar refractivity (Wildman–Crippen MR) is 61.4 cm³/mol. The van der Waals surface area contributed by atoms with Gasteiger partial charge in [-0.05, 0) is 19.3 Å². The minimum absolute atomic E-state index is 0.164. The van der Waals surface area contributed by atoms with Crippen LogP contribution < -0.4 is 11.1 Å². The minimum atomic E-state index is -0.786. The van der Waals surface area contributed by atoms with Gasteiger partial charge in [-0.1, -0.05) is 27.2 Å². The molecule has 1 atom stereocenters. The van der Waals surface area contributed by atoms with Crippen molar-refractivity contribution in [3.05, 3.63) is 0 Å². The zero-order chi connectivity index (χ0) is 11.9. The smallest absolute Gasteiger partial charge is 0.240 e. The van der Waals surface area contributed by atoms with Crippen LogP contribution in [0, 0.1) is 0 Å². The Morgan fingerprint density at radius 2 is 1.93 bits per heavy atom. The normalized spacial score (nSPS) is 13.7. The van der Waals surface area contributed by atoms with Crippen molar-refractivity contribution in [1.82, 2.24) is 5.32 Å². The summed E-state index contributed by atoms with van der Waals surface area (Å²) in [6, 6.07) is 0. The number of hydrogen-bond donors (Lipinski definition) is 3. The van der Waals surface area contributed by atoms with Crippen molar-refractivity contribution in [2.45, 2.75) is 58.1 Å². The number of nitrogens with two attached hydrogens (primary N) is 1. The van der Waals surface area contributed by atoms with E-state index in [0.29, 0.717) is 25.8 Å². The molecule has 0 aliphatic carbocycles. The molecule has 0 radical (unpaired) electrons. The first kappa shape index (κ1) is 14.4. The lowest BCUT2D eigenvalue weighted by molar-refractivity contribution is -0.127. The van der Waals surface area contributed by atoms with E-state index in [2.05, 4.69) is 5.32 Å². The maximum Gasteiger partial charge on any atom is 0.240 e. The van der Waals surface area contributed by atoms with Crippen LogP contribution in [0.25, 0.3) is 0 Å². The molecule has 0 heterocycles. The molecule has 1 unspecified atom stereocenters. The highest BCUT2D eigenvalue weighted by atomic mass is 16.3.